The first-order chi connectivity index (χ1) is 9.89. The van der Waals surface area contributed by atoms with Gasteiger partial charge >= 0.3 is 5.97 Å². The zero-order valence-electron chi connectivity index (χ0n) is 12.1. The van der Waals surface area contributed by atoms with E-state index in [0.717, 1.165) is 24.3 Å². The van der Waals surface area contributed by atoms with E-state index in [9.17, 15) is 13.2 Å². The first-order valence-electron chi connectivity index (χ1n) is 6.78. The van der Waals surface area contributed by atoms with Crippen LogP contribution >= 0.6 is 0 Å². The SMILES string of the molecule is CC(C(=O)O)S(=O)(=O)N(CCC#N)CCN1CCOCC1. The second-order valence-electron chi connectivity index (χ2n) is 4.79. The molecule has 0 spiro atoms. The second kappa shape index (κ2) is 8.29. The molecular formula is C12H21N3O5S. The smallest absolute Gasteiger partial charge is 0.323 e. The van der Waals surface area contributed by atoms with E-state index in [1.54, 1.807) is 0 Å². The van der Waals surface area contributed by atoms with Crippen LogP contribution in [0.2, 0.25) is 0 Å². The predicted octanol–water partition coefficient (Wildman–Crippen LogP) is -0.663. The van der Waals surface area contributed by atoms with Crippen LogP contribution in [-0.4, -0.2) is 79.9 Å². The monoisotopic (exact) mass is 319 g/mol. The van der Waals surface area contributed by atoms with Gasteiger partial charge in [0.2, 0.25) is 10.0 Å². The number of hydrogen-bond acceptors (Lipinski definition) is 6. The van der Waals surface area contributed by atoms with E-state index in [1.807, 2.05) is 6.07 Å². The van der Waals surface area contributed by atoms with E-state index >= 15 is 0 Å². The largest absolute Gasteiger partial charge is 0.480 e. The van der Waals surface area contributed by atoms with Gasteiger partial charge in [0, 0.05) is 39.1 Å². The van der Waals surface area contributed by atoms with Gasteiger partial charge in [0.15, 0.2) is 5.25 Å². The summed E-state index contributed by atoms with van der Waals surface area (Å²) in [5, 5.41) is 16.0. The van der Waals surface area contributed by atoms with Crippen molar-refractivity contribution in [3.05, 3.63) is 0 Å². The fraction of sp³-hybridized carbons (Fsp3) is 0.833. The zero-order valence-corrected chi connectivity index (χ0v) is 12.9. The molecule has 21 heavy (non-hydrogen) atoms. The lowest BCUT2D eigenvalue weighted by Gasteiger charge is -2.30. The molecule has 1 saturated heterocycles. The molecule has 8 nitrogen and oxygen atoms in total. The van der Waals surface area contributed by atoms with Gasteiger partial charge in [0.05, 0.1) is 19.3 Å². The molecule has 1 atom stereocenters. The zero-order chi connectivity index (χ0) is 15.9. The Kier molecular flexibility index (Phi) is 7.04. The summed E-state index contributed by atoms with van der Waals surface area (Å²) >= 11 is 0. The molecule has 0 aliphatic carbocycles. The number of sulfonamides is 1. The highest BCUT2D eigenvalue weighted by molar-refractivity contribution is 7.90. The number of carboxylic acids is 1. The van der Waals surface area contributed by atoms with Crippen LogP contribution in [0.5, 0.6) is 0 Å². The van der Waals surface area contributed by atoms with Crippen LogP contribution in [0.25, 0.3) is 0 Å². The maximum Gasteiger partial charge on any atom is 0.323 e. The van der Waals surface area contributed by atoms with Crippen molar-refractivity contribution in [3.8, 4) is 6.07 Å². The third-order valence-electron chi connectivity index (χ3n) is 3.40. The quantitative estimate of drug-likeness (QED) is 0.632. The third kappa shape index (κ3) is 5.24. The molecule has 1 fully saturated rings. The van der Waals surface area contributed by atoms with Gasteiger partial charge in [0.1, 0.15) is 0 Å². The van der Waals surface area contributed by atoms with Gasteiger partial charge in [-0.2, -0.15) is 9.57 Å². The minimum Gasteiger partial charge on any atom is -0.480 e. The average molecular weight is 319 g/mol. The maximum atomic E-state index is 12.2. The Hall–Kier alpha value is -1.21. The first-order valence-corrected chi connectivity index (χ1v) is 8.28. The van der Waals surface area contributed by atoms with Crippen LogP contribution in [0.15, 0.2) is 0 Å². The summed E-state index contributed by atoms with van der Waals surface area (Å²) in [7, 11) is -3.95. The number of rotatable bonds is 8. The molecule has 1 rings (SSSR count). The Morgan fingerprint density at radius 3 is 2.57 bits per heavy atom. The molecule has 1 aliphatic rings. The number of aliphatic carboxylic acids is 1. The molecule has 0 bridgehead atoms. The molecule has 1 unspecified atom stereocenters. The number of morpholine rings is 1. The Balaban J connectivity index is 2.70. The molecule has 0 radical (unpaired) electrons. The van der Waals surface area contributed by atoms with E-state index in [-0.39, 0.29) is 19.5 Å². The van der Waals surface area contributed by atoms with Crippen molar-refractivity contribution in [2.45, 2.75) is 18.6 Å². The highest BCUT2D eigenvalue weighted by atomic mass is 32.2. The number of carbonyl (C=O) groups is 1. The normalized spacial score (nSPS) is 18.3. The molecular weight excluding hydrogens is 298 g/mol. The first kappa shape index (κ1) is 17.8. The Morgan fingerprint density at radius 2 is 2.05 bits per heavy atom. The van der Waals surface area contributed by atoms with E-state index < -0.39 is 21.2 Å². The lowest BCUT2D eigenvalue weighted by Crippen LogP contribution is -2.46. The van der Waals surface area contributed by atoms with Crippen LogP contribution in [0.1, 0.15) is 13.3 Å². The fourth-order valence-corrected chi connectivity index (χ4v) is 3.35. The summed E-state index contributed by atoms with van der Waals surface area (Å²) in [6.45, 7) is 4.50. The summed E-state index contributed by atoms with van der Waals surface area (Å²) in [5.74, 6) is -1.39. The topological polar surface area (TPSA) is 111 Å². The van der Waals surface area contributed by atoms with Crippen LogP contribution < -0.4 is 0 Å². The molecule has 0 saturated carbocycles. The minimum absolute atomic E-state index is 0.0147. The molecule has 1 N–H and O–H groups in total. The lowest BCUT2D eigenvalue weighted by atomic mass is 10.4. The van der Waals surface area contributed by atoms with E-state index in [2.05, 4.69) is 4.90 Å². The molecule has 0 aromatic heterocycles. The molecule has 1 aliphatic heterocycles. The lowest BCUT2D eigenvalue weighted by molar-refractivity contribution is -0.136. The van der Waals surface area contributed by atoms with Gasteiger partial charge in [-0.15, -0.1) is 0 Å². The summed E-state index contributed by atoms with van der Waals surface area (Å²) < 4.78 is 30.8. The summed E-state index contributed by atoms with van der Waals surface area (Å²) in [5.41, 5.74) is 0. The van der Waals surface area contributed by atoms with Gasteiger partial charge in [-0.05, 0) is 6.92 Å². The van der Waals surface area contributed by atoms with Gasteiger partial charge in [-0.1, -0.05) is 0 Å². The van der Waals surface area contributed by atoms with Crippen molar-refractivity contribution in [1.29, 1.82) is 5.26 Å². The number of carboxylic acid groups (broad SMARTS) is 1. The second-order valence-corrected chi connectivity index (χ2v) is 7.04. The summed E-state index contributed by atoms with van der Waals surface area (Å²) in [6, 6.07) is 1.89. The van der Waals surface area contributed by atoms with Crippen molar-refractivity contribution in [2.75, 3.05) is 45.9 Å². The molecule has 0 aromatic carbocycles. The van der Waals surface area contributed by atoms with Crippen molar-refractivity contribution >= 4 is 16.0 Å². The standard InChI is InChI=1S/C12H21N3O5S/c1-11(12(16)17)21(18,19)15(4-2-3-13)6-5-14-7-9-20-10-8-14/h11H,2,4-10H2,1H3,(H,16,17). The molecule has 1 heterocycles. The Bertz CT molecular complexity index is 482. The highest BCUT2D eigenvalue weighted by Gasteiger charge is 2.33. The van der Waals surface area contributed by atoms with Gasteiger partial charge in [-0.3, -0.25) is 9.69 Å². The summed E-state index contributed by atoms with van der Waals surface area (Å²) in [6.07, 6.45) is 0.0364. The van der Waals surface area contributed by atoms with E-state index in [0.29, 0.717) is 19.8 Å². The average Bonchev–Trinajstić information content (AvgIpc) is 2.47. The Labute approximate surface area is 124 Å². The van der Waals surface area contributed by atoms with Crippen LogP contribution in [-0.2, 0) is 19.6 Å². The van der Waals surface area contributed by atoms with Gasteiger partial charge in [0.25, 0.3) is 0 Å². The van der Waals surface area contributed by atoms with Gasteiger partial charge in [-0.25, -0.2) is 8.42 Å². The van der Waals surface area contributed by atoms with Crippen molar-refractivity contribution in [1.82, 2.24) is 9.21 Å². The molecule has 0 amide bonds. The fourth-order valence-electron chi connectivity index (χ4n) is 1.97. The van der Waals surface area contributed by atoms with Gasteiger partial charge < -0.3 is 9.84 Å². The highest BCUT2D eigenvalue weighted by Crippen LogP contribution is 2.11. The van der Waals surface area contributed by atoms with Crippen LogP contribution in [0, 0.1) is 11.3 Å². The van der Waals surface area contributed by atoms with Crippen LogP contribution in [0.3, 0.4) is 0 Å². The van der Waals surface area contributed by atoms with Crippen molar-refractivity contribution in [3.63, 3.8) is 0 Å². The van der Waals surface area contributed by atoms with Crippen molar-refractivity contribution in [2.24, 2.45) is 0 Å². The van der Waals surface area contributed by atoms with E-state index in [1.165, 1.54) is 0 Å². The molecule has 120 valence electrons. The molecule has 0 aromatic rings. The maximum absolute atomic E-state index is 12.2. The van der Waals surface area contributed by atoms with E-state index in [4.69, 9.17) is 15.1 Å². The number of ether oxygens (including phenoxy) is 1. The number of nitriles is 1. The minimum atomic E-state index is -3.95. The summed E-state index contributed by atoms with van der Waals surface area (Å²) in [4.78, 5) is 13.0. The number of nitrogens with zero attached hydrogens (tertiary/aromatic N) is 3. The predicted molar refractivity (Wildman–Crippen MR) is 75.1 cm³/mol. The Morgan fingerprint density at radius 1 is 1.43 bits per heavy atom. The molecule has 9 heteroatoms. The number of hydrogen-bond donors (Lipinski definition) is 1. The van der Waals surface area contributed by atoms with Crippen molar-refractivity contribution < 1.29 is 23.1 Å². The van der Waals surface area contributed by atoms with Crippen LogP contribution in [0.4, 0.5) is 0 Å². The third-order valence-corrected chi connectivity index (χ3v) is 5.58.